The lowest BCUT2D eigenvalue weighted by Gasteiger charge is -2.09. The lowest BCUT2D eigenvalue weighted by molar-refractivity contribution is 0.104. The molecule has 0 radical (unpaired) electrons. The molecule has 3 rings (SSSR count). The predicted molar refractivity (Wildman–Crippen MR) is 101 cm³/mol. The van der Waals surface area contributed by atoms with Crippen molar-refractivity contribution in [3.63, 3.8) is 0 Å². The van der Waals surface area contributed by atoms with Crippen LogP contribution in [0.5, 0.6) is 11.5 Å². The number of carbonyl (C=O) groups excluding carboxylic acids is 1. The zero-order valence-corrected chi connectivity index (χ0v) is 15.1. The van der Waals surface area contributed by atoms with Crippen molar-refractivity contribution in [2.75, 3.05) is 21.3 Å². The van der Waals surface area contributed by atoms with Crippen molar-refractivity contribution >= 4 is 22.5 Å². The Hall–Kier alpha value is -3.54. The predicted octanol–water partition coefficient (Wildman–Crippen LogP) is 3.68. The number of ketones is 1. The second-order valence-corrected chi connectivity index (χ2v) is 5.63. The van der Waals surface area contributed by atoms with E-state index in [-0.39, 0.29) is 11.1 Å². The van der Waals surface area contributed by atoms with Crippen LogP contribution in [-0.4, -0.2) is 27.1 Å². The van der Waals surface area contributed by atoms with Gasteiger partial charge in [-0.1, -0.05) is 30.3 Å². The minimum absolute atomic E-state index is 0.114. The molecule has 0 spiro atoms. The van der Waals surface area contributed by atoms with E-state index in [4.69, 9.17) is 18.6 Å². The topological polar surface area (TPSA) is 75.0 Å². The van der Waals surface area contributed by atoms with Crippen LogP contribution in [0.4, 0.5) is 0 Å². The molecule has 2 aromatic carbocycles. The second kappa shape index (κ2) is 7.78. The molecule has 138 valence electrons. The average Bonchev–Trinajstić information content (AvgIpc) is 2.70. The Morgan fingerprint density at radius 2 is 1.74 bits per heavy atom. The molecule has 3 aromatic rings. The Bertz CT molecular complexity index is 1060. The van der Waals surface area contributed by atoms with Crippen molar-refractivity contribution in [3.8, 4) is 11.5 Å². The third-order valence-electron chi connectivity index (χ3n) is 4.05. The van der Waals surface area contributed by atoms with Crippen LogP contribution in [0.25, 0.3) is 16.7 Å². The van der Waals surface area contributed by atoms with Gasteiger partial charge in [-0.25, -0.2) is 4.79 Å². The third-order valence-corrected chi connectivity index (χ3v) is 4.05. The van der Waals surface area contributed by atoms with Gasteiger partial charge in [-0.15, -0.1) is 0 Å². The molecule has 0 fully saturated rings. The number of carbonyl (C=O) groups is 1. The highest BCUT2D eigenvalue weighted by atomic mass is 16.5. The van der Waals surface area contributed by atoms with Crippen LogP contribution in [0.3, 0.4) is 0 Å². The van der Waals surface area contributed by atoms with Crippen molar-refractivity contribution in [1.29, 1.82) is 0 Å². The number of benzene rings is 2. The Labute approximate surface area is 155 Å². The Kier molecular flexibility index (Phi) is 5.26. The van der Waals surface area contributed by atoms with E-state index in [0.29, 0.717) is 22.6 Å². The maximum Gasteiger partial charge on any atom is 0.347 e. The van der Waals surface area contributed by atoms with Gasteiger partial charge in [0.05, 0.1) is 26.7 Å². The van der Waals surface area contributed by atoms with Crippen molar-refractivity contribution in [1.82, 2.24) is 0 Å². The van der Waals surface area contributed by atoms with Crippen molar-refractivity contribution < 1.29 is 23.4 Å². The normalized spacial score (nSPS) is 11.3. The smallest absolute Gasteiger partial charge is 0.347 e. The van der Waals surface area contributed by atoms with E-state index in [1.165, 1.54) is 33.5 Å². The lowest BCUT2D eigenvalue weighted by atomic mass is 10.1. The first kappa shape index (κ1) is 18.3. The average molecular weight is 366 g/mol. The van der Waals surface area contributed by atoms with Crippen LogP contribution in [0.2, 0.25) is 0 Å². The van der Waals surface area contributed by atoms with E-state index < -0.39 is 11.4 Å². The lowest BCUT2D eigenvalue weighted by Crippen LogP contribution is -2.13. The molecule has 27 heavy (non-hydrogen) atoms. The molecule has 0 bridgehead atoms. The molecule has 0 N–H and O–H groups in total. The fraction of sp³-hybridized carbons (Fsp3) is 0.143. The van der Waals surface area contributed by atoms with Gasteiger partial charge in [0, 0.05) is 23.8 Å². The van der Waals surface area contributed by atoms with Gasteiger partial charge in [-0.3, -0.25) is 4.79 Å². The van der Waals surface area contributed by atoms with Crippen LogP contribution < -0.4 is 15.1 Å². The summed E-state index contributed by atoms with van der Waals surface area (Å²) in [5.74, 6) is 0.736. The molecule has 0 aliphatic heterocycles. The van der Waals surface area contributed by atoms with Gasteiger partial charge in [0.15, 0.2) is 5.78 Å². The van der Waals surface area contributed by atoms with Crippen LogP contribution in [-0.2, 0) is 4.74 Å². The van der Waals surface area contributed by atoms with Gasteiger partial charge in [-0.2, -0.15) is 0 Å². The van der Waals surface area contributed by atoms with Crippen molar-refractivity contribution in [3.05, 3.63) is 76.2 Å². The van der Waals surface area contributed by atoms with Gasteiger partial charge >= 0.3 is 5.63 Å². The fourth-order valence-electron chi connectivity index (χ4n) is 2.68. The molecular weight excluding hydrogens is 348 g/mol. The van der Waals surface area contributed by atoms with E-state index >= 15 is 0 Å². The van der Waals surface area contributed by atoms with Crippen LogP contribution in [0.1, 0.15) is 15.9 Å². The number of ether oxygens (including phenoxy) is 3. The molecule has 1 aromatic heterocycles. The molecule has 0 saturated carbocycles. The summed E-state index contributed by atoms with van der Waals surface area (Å²) in [6.45, 7) is 0. The zero-order valence-electron chi connectivity index (χ0n) is 15.1. The molecule has 6 heteroatoms. The summed E-state index contributed by atoms with van der Waals surface area (Å²) in [7, 11) is 4.45. The minimum atomic E-state index is -0.748. The van der Waals surface area contributed by atoms with Crippen molar-refractivity contribution in [2.45, 2.75) is 0 Å². The Morgan fingerprint density at radius 3 is 2.37 bits per heavy atom. The van der Waals surface area contributed by atoms with Crippen LogP contribution >= 0.6 is 0 Å². The van der Waals surface area contributed by atoms with E-state index in [1.807, 2.05) is 18.2 Å². The Morgan fingerprint density at radius 1 is 1.00 bits per heavy atom. The minimum Gasteiger partial charge on any atom is -0.496 e. The van der Waals surface area contributed by atoms with Gasteiger partial charge in [0.2, 0.25) is 0 Å². The van der Waals surface area contributed by atoms with Crippen LogP contribution in [0, 0.1) is 0 Å². The standard InChI is InChI=1S/C21H18O6/c1-24-14-9-19(26-3)16-11-15(21(23)27-20(16)10-14)17(22)12-18(25-2)13-7-5-4-6-8-13/h4-12H,1-3H3. The van der Waals surface area contributed by atoms with E-state index in [1.54, 1.807) is 24.3 Å². The largest absolute Gasteiger partial charge is 0.496 e. The molecular formula is C21H18O6. The van der Waals surface area contributed by atoms with Gasteiger partial charge in [0.25, 0.3) is 0 Å². The van der Waals surface area contributed by atoms with Crippen molar-refractivity contribution in [2.24, 2.45) is 0 Å². The summed E-state index contributed by atoms with van der Waals surface area (Å²) >= 11 is 0. The number of hydrogen-bond donors (Lipinski definition) is 0. The highest BCUT2D eigenvalue weighted by molar-refractivity contribution is 6.09. The molecule has 0 aliphatic rings. The maximum atomic E-state index is 12.7. The fourth-order valence-corrected chi connectivity index (χ4v) is 2.68. The maximum absolute atomic E-state index is 12.7. The number of allylic oxidation sites excluding steroid dienone is 1. The first-order chi connectivity index (χ1) is 13.1. The van der Waals surface area contributed by atoms with Gasteiger partial charge in [-0.05, 0) is 6.07 Å². The van der Waals surface area contributed by atoms with E-state index in [9.17, 15) is 9.59 Å². The quantitative estimate of drug-likeness (QED) is 0.287. The summed E-state index contributed by atoms with van der Waals surface area (Å²) in [5.41, 5.74) is 0.131. The highest BCUT2D eigenvalue weighted by Crippen LogP contribution is 2.31. The summed E-state index contributed by atoms with van der Waals surface area (Å²) in [5, 5.41) is 0.494. The molecule has 1 heterocycles. The van der Waals surface area contributed by atoms with Gasteiger partial charge in [0.1, 0.15) is 28.4 Å². The molecule has 0 saturated heterocycles. The number of rotatable bonds is 6. The summed E-state index contributed by atoms with van der Waals surface area (Å²) < 4.78 is 21.1. The van der Waals surface area contributed by atoms with Gasteiger partial charge < -0.3 is 18.6 Å². The molecule has 0 unspecified atom stereocenters. The SMILES string of the molecule is COC(=CC(=O)c1cc2c(OC)cc(OC)cc2oc1=O)c1ccccc1. The number of hydrogen-bond acceptors (Lipinski definition) is 6. The third kappa shape index (κ3) is 3.69. The zero-order chi connectivity index (χ0) is 19.4. The molecule has 0 aliphatic carbocycles. The number of fused-ring (bicyclic) bond motifs is 1. The summed E-state index contributed by atoms with van der Waals surface area (Å²) in [6.07, 6.45) is 1.27. The first-order valence-corrected chi connectivity index (χ1v) is 8.12. The summed E-state index contributed by atoms with van der Waals surface area (Å²) in [6, 6.07) is 13.8. The monoisotopic (exact) mass is 366 g/mol. The molecule has 6 nitrogen and oxygen atoms in total. The molecule has 0 atom stereocenters. The van der Waals surface area contributed by atoms with E-state index in [2.05, 4.69) is 0 Å². The van der Waals surface area contributed by atoms with E-state index in [0.717, 1.165) is 5.56 Å². The van der Waals surface area contributed by atoms with Crippen LogP contribution in [0.15, 0.2) is 63.8 Å². The Balaban J connectivity index is 2.10. The summed E-state index contributed by atoms with van der Waals surface area (Å²) in [4.78, 5) is 25.0. The molecule has 0 amide bonds. The number of methoxy groups -OCH3 is 3. The second-order valence-electron chi connectivity index (χ2n) is 5.63. The highest BCUT2D eigenvalue weighted by Gasteiger charge is 2.17. The first-order valence-electron chi connectivity index (χ1n) is 8.12.